The highest BCUT2D eigenvalue weighted by molar-refractivity contribution is 5.52. The van der Waals surface area contributed by atoms with Crippen LogP contribution < -0.4 is 9.64 Å². The number of rotatable bonds is 2. The molecule has 2 heterocycles. The van der Waals surface area contributed by atoms with E-state index in [2.05, 4.69) is 35.6 Å². The Morgan fingerprint density at radius 3 is 2.81 bits per heavy atom. The van der Waals surface area contributed by atoms with E-state index in [1.54, 1.807) is 6.20 Å². The van der Waals surface area contributed by atoms with Crippen molar-refractivity contribution in [1.82, 2.24) is 9.97 Å². The molecule has 0 aromatic carbocycles. The van der Waals surface area contributed by atoms with Gasteiger partial charge in [0.15, 0.2) is 11.6 Å². The van der Waals surface area contributed by atoms with E-state index in [1.807, 2.05) is 7.05 Å². The molecule has 0 spiro atoms. The second-order valence-electron chi connectivity index (χ2n) is 4.72. The van der Waals surface area contributed by atoms with Crippen molar-refractivity contribution in [2.75, 3.05) is 25.1 Å². The minimum atomic E-state index is 0.376. The lowest BCUT2D eigenvalue weighted by molar-refractivity contribution is 0.306. The summed E-state index contributed by atoms with van der Waals surface area (Å²) in [5, 5.41) is 0. The third kappa shape index (κ3) is 1.96. The number of nitrogens with zero attached hydrogens (tertiary/aromatic N) is 3. The summed E-state index contributed by atoms with van der Waals surface area (Å²) < 4.78 is 5.52. The van der Waals surface area contributed by atoms with E-state index >= 15 is 0 Å². The summed E-state index contributed by atoms with van der Waals surface area (Å²) in [4.78, 5) is 11.1. The number of ether oxygens (including phenoxy) is 1. The van der Waals surface area contributed by atoms with Crippen molar-refractivity contribution in [1.29, 1.82) is 0 Å². The Hall–Kier alpha value is -1.32. The lowest BCUT2D eigenvalue weighted by Gasteiger charge is -2.27. The first-order valence-corrected chi connectivity index (χ1v) is 5.80. The fourth-order valence-corrected chi connectivity index (χ4v) is 1.67. The lowest BCUT2D eigenvalue weighted by atomic mass is 9.97. The predicted molar refractivity (Wildman–Crippen MR) is 64.1 cm³/mol. The normalized spacial score (nSPS) is 16.9. The van der Waals surface area contributed by atoms with Gasteiger partial charge in [0.05, 0.1) is 12.7 Å². The van der Waals surface area contributed by atoms with Gasteiger partial charge in [-0.15, -0.1) is 0 Å². The molecular weight excluding hydrogens is 202 g/mol. The third-order valence-electron chi connectivity index (χ3n) is 3.21. The van der Waals surface area contributed by atoms with E-state index in [1.165, 1.54) is 0 Å². The van der Waals surface area contributed by atoms with Crippen LogP contribution in [0.4, 0.5) is 5.82 Å². The quantitative estimate of drug-likeness (QED) is 0.766. The maximum atomic E-state index is 5.52. The van der Waals surface area contributed by atoms with E-state index in [9.17, 15) is 0 Å². The van der Waals surface area contributed by atoms with Crippen LogP contribution in [0.3, 0.4) is 0 Å². The molecule has 0 aliphatic carbocycles. The van der Waals surface area contributed by atoms with Crippen LogP contribution in [0, 0.1) is 5.92 Å². The number of likely N-dealkylation sites (N-methyl/N-ethyl adjacent to an activating group) is 1. The molecule has 1 unspecified atom stereocenters. The molecule has 0 N–H and O–H groups in total. The molecule has 0 fully saturated rings. The average Bonchev–Trinajstić information content (AvgIpc) is 2.28. The minimum Gasteiger partial charge on any atom is -0.486 e. The highest BCUT2D eigenvalue weighted by atomic mass is 16.5. The molecule has 0 saturated carbocycles. The number of hydrogen-bond donors (Lipinski definition) is 0. The van der Waals surface area contributed by atoms with Gasteiger partial charge < -0.3 is 9.64 Å². The zero-order valence-corrected chi connectivity index (χ0v) is 10.4. The van der Waals surface area contributed by atoms with Gasteiger partial charge in [-0.25, -0.2) is 9.97 Å². The summed E-state index contributed by atoms with van der Waals surface area (Å²) in [6.07, 6.45) is 1.80. The molecule has 16 heavy (non-hydrogen) atoms. The molecule has 1 aromatic rings. The van der Waals surface area contributed by atoms with Crippen molar-refractivity contribution in [3.63, 3.8) is 0 Å². The molecule has 2 rings (SSSR count). The van der Waals surface area contributed by atoms with Crippen molar-refractivity contribution in [2.24, 2.45) is 5.92 Å². The number of fused-ring (bicyclic) bond motifs is 1. The van der Waals surface area contributed by atoms with Crippen molar-refractivity contribution in [3.05, 3.63) is 12.0 Å². The number of hydrogen-bond acceptors (Lipinski definition) is 4. The third-order valence-corrected chi connectivity index (χ3v) is 3.21. The van der Waals surface area contributed by atoms with Gasteiger partial charge in [0.25, 0.3) is 0 Å². The van der Waals surface area contributed by atoms with E-state index in [0.29, 0.717) is 18.4 Å². The Bertz CT molecular complexity index is 379. The predicted octanol–water partition coefficient (Wildman–Crippen LogP) is 2.06. The Kier molecular flexibility index (Phi) is 2.99. The molecule has 1 atom stereocenters. The summed E-state index contributed by atoms with van der Waals surface area (Å²) in [7, 11) is 2.04. The highest BCUT2D eigenvalue weighted by Gasteiger charge is 2.20. The van der Waals surface area contributed by atoms with Crippen molar-refractivity contribution < 1.29 is 4.74 Å². The topological polar surface area (TPSA) is 38.2 Å². The van der Waals surface area contributed by atoms with Gasteiger partial charge in [-0.1, -0.05) is 20.8 Å². The Morgan fingerprint density at radius 1 is 1.38 bits per heavy atom. The molecule has 4 nitrogen and oxygen atoms in total. The maximum Gasteiger partial charge on any atom is 0.180 e. The molecular formula is C12H19N3O. The highest BCUT2D eigenvalue weighted by Crippen LogP contribution is 2.30. The first kappa shape index (κ1) is 11.2. The van der Waals surface area contributed by atoms with Crippen LogP contribution in [-0.2, 0) is 0 Å². The van der Waals surface area contributed by atoms with E-state index in [-0.39, 0.29) is 0 Å². The van der Waals surface area contributed by atoms with Crippen molar-refractivity contribution in [2.45, 2.75) is 26.7 Å². The zero-order valence-electron chi connectivity index (χ0n) is 10.4. The zero-order chi connectivity index (χ0) is 11.7. The Morgan fingerprint density at radius 2 is 2.12 bits per heavy atom. The molecule has 4 heteroatoms. The van der Waals surface area contributed by atoms with Gasteiger partial charge >= 0.3 is 0 Å². The largest absolute Gasteiger partial charge is 0.486 e. The van der Waals surface area contributed by atoms with Crippen LogP contribution >= 0.6 is 0 Å². The monoisotopic (exact) mass is 221 g/mol. The molecule has 0 bridgehead atoms. The van der Waals surface area contributed by atoms with Gasteiger partial charge in [0.2, 0.25) is 0 Å². The smallest absolute Gasteiger partial charge is 0.180 e. The van der Waals surface area contributed by atoms with Crippen LogP contribution in [-0.4, -0.2) is 30.2 Å². The van der Waals surface area contributed by atoms with E-state index < -0.39 is 0 Å². The first-order chi connectivity index (χ1) is 7.59. The lowest BCUT2D eigenvalue weighted by Crippen LogP contribution is -2.30. The van der Waals surface area contributed by atoms with Crippen LogP contribution in [0.1, 0.15) is 32.5 Å². The second kappa shape index (κ2) is 4.28. The minimum absolute atomic E-state index is 0.376. The van der Waals surface area contributed by atoms with E-state index in [4.69, 9.17) is 4.74 Å². The summed E-state index contributed by atoms with van der Waals surface area (Å²) in [5.74, 6) is 3.55. The fraction of sp³-hybridized carbons (Fsp3) is 0.667. The maximum absolute atomic E-state index is 5.52. The first-order valence-electron chi connectivity index (χ1n) is 5.80. The average molecular weight is 221 g/mol. The standard InChI is InChI=1S/C12H19N3O/c1-8(2)9(3)11-13-7-10-12(14-11)15(4)5-6-16-10/h7-9H,5-6H2,1-4H3. The van der Waals surface area contributed by atoms with Crippen LogP contribution in [0.2, 0.25) is 0 Å². The van der Waals surface area contributed by atoms with E-state index in [0.717, 1.165) is 23.9 Å². The Labute approximate surface area is 96.7 Å². The summed E-state index contributed by atoms with van der Waals surface area (Å²) in [6.45, 7) is 8.14. The molecule has 88 valence electrons. The van der Waals surface area contributed by atoms with Gasteiger partial charge in [-0.3, -0.25) is 0 Å². The summed E-state index contributed by atoms with van der Waals surface area (Å²) >= 11 is 0. The molecule has 1 aliphatic heterocycles. The summed E-state index contributed by atoms with van der Waals surface area (Å²) in [5.41, 5.74) is 0. The van der Waals surface area contributed by atoms with Crippen LogP contribution in [0.25, 0.3) is 0 Å². The molecule has 1 aromatic heterocycles. The number of anilines is 1. The SMILES string of the molecule is CC(C)C(C)c1ncc2c(n1)N(C)CCO2. The van der Waals surface area contributed by atoms with Gasteiger partial charge in [0, 0.05) is 13.0 Å². The molecule has 1 aliphatic rings. The van der Waals surface area contributed by atoms with Gasteiger partial charge in [0.1, 0.15) is 12.4 Å². The van der Waals surface area contributed by atoms with Crippen LogP contribution in [0.5, 0.6) is 5.75 Å². The number of aromatic nitrogens is 2. The van der Waals surface area contributed by atoms with Crippen LogP contribution in [0.15, 0.2) is 6.20 Å². The fourth-order valence-electron chi connectivity index (χ4n) is 1.67. The van der Waals surface area contributed by atoms with Gasteiger partial charge in [-0.05, 0) is 5.92 Å². The van der Waals surface area contributed by atoms with Crippen molar-refractivity contribution in [3.8, 4) is 5.75 Å². The molecule has 0 amide bonds. The Balaban J connectivity index is 2.34. The second-order valence-corrected chi connectivity index (χ2v) is 4.72. The molecule has 0 radical (unpaired) electrons. The molecule has 0 saturated heterocycles. The van der Waals surface area contributed by atoms with Gasteiger partial charge in [-0.2, -0.15) is 0 Å². The summed E-state index contributed by atoms with van der Waals surface area (Å²) in [6, 6.07) is 0. The van der Waals surface area contributed by atoms with Crippen molar-refractivity contribution >= 4 is 5.82 Å².